The molecular weight excluding hydrogens is 314 g/mol. The summed E-state index contributed by atoms with van der Waals surface area (Å²) in [6.45, 7) is 6.06. The minimum absolute atomic E-state index is 0.0652. The number of rotatable bonds is 5. The number of fused-ring (bicyclic) bond motifs is 1. The van der Waals surface area contributed by atoms with Crippen molar-refractivity contribution in [2.45, 2.75) is 57.3 Å². The molecule has 0 atom stereocenters. The van der Waals surface area contributed by atoms with Crippen molar-refractivity contribution < 1.29 is 9.53 Å². The highest BCUT2D eigenvalue weighted by atomic mass is 16.5. The summed E-state index contributed by atoms with van der Waals surface area (Å²) in [6, 6.07) is 6.55. The van der Waals surface area contributed by atoms with Crippen LogP contribution < -0.4 is 10.6 Å². The quantitative estimate of drug-likeness (QED) is 0.858. The van der Waals surface area contributed by atoms with E-state index in [4.69, 9.17) is 4.74 Å². The molecule has 5 heteroatoms. The van der Waals surface area contributed by atoms with E-state index in [1.54, 1.807) is 0 Å². The van der Waals surface area contributed by atoms with Gasteiger partial charge in [-0.2, -0.15) is 0 Å². The summed E-state index contributed by atoms with van der Waals surface area (Å²) in [4.78, 5) is 15.2. The third-order valence-corrected chi connectivity index (χ3v) is 6.10. The Kier molecular flexibility index (Phi) is 5.06. The van der Waals surface area contributed by atoms with Crippen LogP contribution in [0.4, 0.5) is 0 Å². The van der Waals surface area contributed by atoms with Gasteiger partial charge in [-0.25, -0.2) is 0 Å². The van der Waals surface area contributed by atoms with Gasteiger partial charge in [-0.05, 0) is 29.5 Å². The number of carbonyl (C=O) groups excluding carboxylic acids is 1. The molecule has 0 spiro atoms. The predicted molar refractivity (Wildman–Crippen MR) is 97.0 cm³/mol. The lowest BCUT2D eigenvalue weighted by Gasteiger charge is -2.43. The summed E-state index contributed by atoms with van der Waals surface area (Å²) < 4.78 is 5.50. The first-order valence-corrected chi connectivity index (χ1v) is 9.66. The zero-order valence-corrected chi connectivity index (χ0v) is 15.0. The zero-order chi connectivity index (χ0) is 17.1. The van der Waals surface area contributed by atoms with Crippen molar-refractivity contribution in [2.24, 2.45) is 0 Å². The molecule has 1 saturated carbocycles. The van der Waals surface area contributed by atoms with E-state index in [0.29, 0.717) is 13.0 Å². The van der Waals surface area contributed by atoms with Crippen LogP contribution >= 0.6 is 0 Å². The standard InChI is InChI=1S/C20H29N3O2/c24-19(22-13-16-3-4-17-14-21-15-18(17)11-16)12-20(5-1-2-6-20)23-7-9-25-10-8-23/h3-4,11,21H,1-2,5-10,12-15H2,(H,22,24). The van der Waals surface area contributed by atoms with Gasteiger partial charge in [0, 0.05) is 44.7 Å². The maximum absolute atomic E-state index is 12.7. The van der Waals surface area contributed by atoms with E-state index in [2.05, 4.69) is 33.7 Å². The largest absolute Gasteiger partial charge is 0.379 e. The van der Waals surface area contributed by atoms with Gasteiger partial charge in [0.2, 0.25) is 5.91 Å². The minimum Gasteiger partial charge on any atom is -0.379 e. The molecular formula is C20H29N3O2. The molecule has 0 bridgehead atoms. The summed E-state index contributed by atoms with van der Waals surface area (Å²) in [5.74, 6) is 0.187. The van der Waals surface area contributed by atoms with E-state index in [1.807, 2.05) is 0 Å². The van der Waals surface area contributed by atoms with E-state index in [9.17, 15) is 4.79 Å². The lowest BCUT2D eigenvalue weighted by atomic mass is 9.90. The van der Waals surface area contributed by atoms with E-state index < -0.39 is 0 Å². The summed E-state index contributed by atoms with van der Waals surface area (Å²) in [5, 5.41) is 6.53. The van der Waals surface area contributed by atoms with Crippen LogP contribution in [-0.4, -0.2) is 42.6 Å². The first-order chi connectivity index (χ1) is 12.3. The molecule has 0 aromatic heterocycles. The molecule has 2 heterocycles. The fraction of sp³-hybridized carbons (Fsp3) is 0.650. The molecule has 3 aliphatic rings. The monoisotopic (exact) mass is 343 g/mol. The Labute approximate surface area is 150 Å². The Balaban J connectivity index is 1.35. The second-order valence-corrected chi connectivity index (χ2v) is 7.69. The number of nitrogens with one attached hydrogen (secondary N) is 2. The zero-order valence-electron chi connectivity index (χ0n) is 15.0. The van der Waals surface area contributed by atoms with Crippen LogP contribution in [0.3, 0.4) is 0 Å². The smallest absolute Gasteiger partial charge is 0.222 e. The average molecular weight is 343 g/mol. The molecule has 0 radical (unpaired) electrons. The number of ether oxygens (including phenoxy) is 1. The van der Waals surface area contributed by atoms with Crippen LogP contribution in [0.15, 0.2) is 18.2 Å². The Morgan fingerprint density at radius 1 is 1.16 bits per heavy atom. The SMILES string of the molecule is O=C(CC1(N2CCOCC2)CCCC1)NCc1ccc2c(c1)CNC2. The summed E-state index contributed by atoms with van der Waals surface area (Å²) >= 11 is 0. The van der Waals surface area contributed by atoms with Crippen LogP contribution in [0.5, 0.6) is 0 Å². The third-order valence-electron chi connectivity index (χ3n) is 6.10. The Hall–Kier alpha value is -1.43. The van der Waals surface area contributed by atoms with Gasteiger partial charge in [0.15, 0.2) is 0 Å². The molecule has 2 aliphatic heterocycles. The highest BCUT2D eigenvalue weighted by Crippen LogP contribution is 2.38. The van der Waals surface area contributed by atoms with Gasteiger partial charge in [-0.3, -0.25) is 9.69 Å². The number of nitrogens with zero attached hydrogens (tertiary/aromatic N) is 1. The number of carbonyl (C=O) groups is 1. The van der Waals surface area contributed by atoms with Gasteiger partial charge in [0.05, 0.1) is 13.2 Å². The van der Waals surface area contributed by atoms with Crippen molar-refractivity contribution in [2.75, 3.05) is 26.3 Å². The normalized spacial score (nSPS) is 22.7. The third kappa shape index (κ3) is 3.73. The molecule has 1 aromatic carbocycles. The summed E-state index contributed by atoms with van der Waals surface area (Å²) in [7, 11) is 0. The van der Waals surface area contributed by atoms with Crippen LogP contribution in [0.2, 0.25) is 0 Å². The second-order valence-electron chi connectivity index (χ2n) is 7.69. The maximum atomic E-state index is 12.7. The fourth-order valence-corrected chi connectivity index (χ4v) is 4.70. The van der Waals surface area contributed by atoms with Gasteiger partial charge in [0.25, 0.3) is 0 Å². The molecule has 1 saturated heterocycles. The van der Waals surface area contributed by atoms with E-state index in [0.717, 1.165) is 52.2 Å². The van der Waals surface area contributed by atoms with Crippen LogP contribution in [0.25, 0.3) is 0 Å². The molecule has 1 aliphatic carbocycles. The van der Waals surface area contributed by atoms with E-state index in [-0.39, 0.29) is 11.4 Å². The number of hydrogen-bond acceptors (Lipinski definition) is 4. The van der Waals surface area contributed by atoms with Crippen molar-refractivity contribution in [1.82, 2.24) is 15.5 Å². The van der Waals surface area contributed by atoms with Gasteiger partial charge < -0.3 is 15.4 Å². The molecule has 2 fully saturated rings. The van der Waals surface area contributed by atoms with Crippen LogP contribution in [0.1, 0.15) is 48.8 Å². The molecule has 5 nitrogen and oxygen atoms in total. The molecule has 1 amide bonds. The Morgan fingerprint density at radius 2 is 1.92 bits per heavy atom. The van der Waals surface area contributed by atoms with Crippen LogP contribution in [0, 0.1) is 0 Å². The van der Waals surface area contributed by atoms with Crippen molar-refractivity contribution in [3.63, 3.8) is 0 Å². The maximum Gasteiger partial charge on any atom is 0.222 e. The van der Waals surface area contributed by atoms with E-state index >= 15 is 0 Å². The van der Waals surface area contributed by atoms with Gasteiger partial charge >= 0.3 is 0 Å². The number of benzene rings is 1. The highest BCUT2D eigenvalue weighted by Gasteiger charge is 2.41. The molecule has 0 unspecified atom stereocenters. The van der Waals surface area contributed by atoms with Gasteiger partial charge in [0.1, 0.15) is 0 Å². The number of morpholine rings is 1. The molecule has 4 rings (SSSR count). The summed E-state index contributed by atoms with van der Waals surface area (Å²) in [6.07, 6.45) is 5.39. The lowest BCUT2D eigenvalue weighted by molar-refractivity contribution is -0.125. The Bertz CT molecular complexity index is 619. The summed E-state index contributed by atoms with van der Waals surface area (Å²) in [5.41, 5.74) is 4.01. The van der Waals surface area contributed by atoms with E-state index in [1.165, 1.54) is 29.5 Å². The average Bonchev–Trinajstić information content (AvgIpc) is 3.30. The second kappa shape index (κ2) is 7.44. The number of hydrogen-bond donors (Lipinski definition) is 2. The minimum atomic E-state index is 0.0652. The first-order valence-electron chi connectivity index (χ1n) is 9.66. The fourth-order valence-electron chi connectivity index (χ4n) is 4.70. The van der Waals surface area contributed by atoms with Crippen molar-refractivity contribution in [3.05, 3.63) is 34.9 Å². The Morgan fingerprint density at radius 3 is 2.72 bits per heavy atom. The molecule has 25 heavy (non-hydrogen) atoms. The molecule has 1 aromatic rings. The number of amides is 1. The van der Waals surface area contributed by atoms with Gasteiger partial charge in [-0.1, -0.05) is 31.0 Å². The molecule has 136 valence electrons. The van der Waals surface area contributed by atoms with Crippen molar-refractivity contribution in [1.29, 1.82) is 0 Å². The molecule has 2 N–H and O–H groups in total. The highest BCUT2D eigenvalue weighted by molar-refractivity contribution is 5.77. The topological polar surface area (TPSA) is 53.6 Å². The van der Waals surface area contributed by atoms with Gasteiger partial charge in [-0.15, -0.1) is 0 Å². The van der Waals surface area contributed by atoms with Crippen molar-refractivity contribution >= 4 is 5.91 Å². The first kappa shape index (κ1) is 17.0. The lowest BCUT2D eigenvalue weighted by Crippen LogP contribution is -2.53. The van der Waals surface area contributed by atoms with Crippen molar-refractivity contribution in [3.8, 4) is 0 Å². The van der Waals surface area contributed by atoms with Crippen LogP contribution in [-0.2, 0) is 29.2 Å². The predicted octanol–water partition coefficient (Wildman–Crippen LogP) is 1.94.